The number of halogens is 9. The third-order valence-corrected chi connectivity index (χ3v) is 2.10. The molecule has 0 spiro atoms. The molecule has 0 fully saturated rings. The fourth-order valence-corrected chi connectivity index (χ4v) is 1.16. The van der Waals surface area contributed by atoms with E-state index in [2.05, 4.69) is 11.6 Å². The van der Waals surface area contributed by atoms with Crippen LogP contribution in [-0.4, -0.2) is 11.2 Å². The Hall–Kier alpha value is -1.74. The van der Waals surface area contributed by atoms with E-state index in [1.54, 1.807) is 0 Å². The van der Waals surface area contributed by atoms with Crippen molar-refractivity contribution in [2.24, 2.45) is 0 Å². The molecule has 0 atom stereocenters. The smallest absolute Gasteiger partial charge is 0.239 e. The van der Waals surface area contributed by atoms with Crippen LogP contribution in [0.5, 0.6) is 0 Å². The van der Waals surface area contributed by atoms with Gasteiger partial charge in [-0.05, 0) is 17.7 Å². The second kappa shape index (κ2) is 4.67. The van der Waals surface area contributed by atoms with Gasteiger partial charge >= 0.3 is 18.5 Å². The normalized spacial score (nSPS) is 13.4. The maximum atomic E-state index is 12.4. The van der Waals surface area contributed by atoms with E-state index < -0.39 is 41.1 Å². The van der Waals surface area contributed by atoms with Crippen LogP contribution in [0.2, 0.25) is 0 Å². The topological polar surface area (TPSA) is 12.9 Å². The molecule has 0 radical (unpaired) electrons. The second-order valence-electron chi connectivity index (χ2n) is 3.60. The Labute approximate surface area is 105 Å². The molecule has 112 valence electrons. The quantitative estimate of drug-likeness (QED) is 0.686. The molecule has 0 bridgehead atoms. The van der Waals surface area contributed by atoms with E-state index in [-0.39, 0.29) is 12.1 Å². The van der Waals surface area contributed by atoms with Gasteiger partial charge in [-0.1, -0.05) is 6.58 Å². The Balaban J connectivity index is 3.51. The van der Waals surface area contributed by atoms with Gasteiger partial charge in [-0.15, -0.1) is 0 Å². The fourth-order valence-electron chi connectivity index (χ4n) is 1.16. The van der Waals surface area contributed by atoms with Gasteiger partial charge in [0, 0.05) is 0 Å². The molecule has 0 aliphatic carbocycles. The van der Waals surface area contributed by atoms with Crippen molar-refractivity contribution in [3.63, 3.8) is 0 Å². The van der Waals surface area contributed by atoms with Gasteiger partial charge < -0.3 is 0 Å². The molecule has 0 saturated heterocycles. The summed E-state index contributed by atoms with van der Waals surface area (Å²) in [5, 5.41) is 0. The molecule has 20 heavy (non-hydrogen) atoms. The second-order valence-corrected chi connectivity index (χ2v) is 3.60. The molecule has 1 aromatic rings. The van der Waals surface area contributed by atoms with Crippen molar-refractivity contribution >= 4 is 5.57 Å². The molecule has 0 amide bonds. The molecular weight excluding hydrogens is 305 g/mol. The largest absolute Gasteiger partial charge is 0.433 e. The van der Waals surface area contributed by atoms with E-state index in [1.165, 1.54) is 0 Å². The highest BCUT2D eigenvalue weighted by Gasteiger charge is 2.41. The SMILES string of the molecule is C=C(c1cc(C(F)(F)F)nc(C(F)(F)F)c1)C(F)(F)F. The average molecular weight is 309 g/mol. The Kier molecular flexibility index (Phi) is 3.81. The Morgan fingerprint density at radius 1 is 0.800 bits per heavy atom. The minimum Gasteiger partial charge on any atom is -0.239 e. The summed E-state index contributed by atoms with van der Waals surface area (Å²) in [5.74, 6) is 0. The van der Waals surface area contributed by atoms with Crippen LogP contribution in [0, 0.1) is 0 Å². The number of pyridine rings is 1. The van der Waals surface area contributed by atoms with Crippen LogP contribution >= 0.6 is 0 Å². The minimum atomic E-state index is -5.32. The standard InChI is InChI=1S/C10H4F9N/c1-4(8(11,12)13)5-2-6(9(14,15)16)20-7(3-5)10(17,18)19/h2-3H,1H2. The van der Waals surface area contributed by atoms with E-state index in [9.17, 15) is 39.5 Å². The van der Waals surface area contributed by atoms with Gasteiger partial charge in [0.1, 0.15) is 11.4 Å². The highest BCUT2D eigenvalue weighted by Crippen LogP contribution is 2.38. The molecule has 0 aliphatic heterocycles. The molecule has 0 saturated carbocycles. The van der Waals surface area contributed by atoms with Crippen LogP contribution in [0.1, 0.15) is 17.0 Å². The summed E-state index contributed by atoms with van der Waals surface area (Å²) in [4.78, 5) is 2.28. The predicted octanol–water partition coefficient (Wildman–Crippen LogP) is 4.69. The maximum Gasteiger partial charge on any atom is 0.433 e. The molecule has 0 aromatic carbocycles. The Morgan fingerprint density at radius 3 is 1.40 bits per heavy atom. The van der Waals surface area contributed by atoms with Crippen LogP contribution in [-0.2, 0) is 12.4 Å². The van der Waals surface area contributed by atoms with Gasteiger partial charge in [0.2, 0.25) is 0 Å². The van der Waals surface area contributed by atoms with Crippen LogP contribution < -0.4 is 0 Å². The summed E-state index contributed by atoms with van der Waals surface area (Å²) < 4.78 is 111. The number of hydrogen-bond donors (Lipinski definition) is 0. The lowest BCUT2D eigenvalue weighted by molar-refractivity contribution is -0.150. The average Bonchev–Trinajstić information content (AvgIpc) is 2.23. The monoisotopic (exact) mass is 309 g/mol. The van der Waals surface area contributed by atoms with Gasteiger partial charge in [0.05, 0.1) is 5.57 Å². The lowest BCUT2D eigenvalue weighted by atomic mass is 10.1. The van der Waals surface area contributed by atoms with Crippen LogP contribution in [0.15, 0.2) is 18.7 Å². The molecule has 1 heterocycles. The van der Waals surface area contributed by atoms with Crippen molar-refractivity contribution in [3.05, 3.63) is 35.7 Å². The van der Waals surface area contributed by atoms with E-state index >= 15 is 0 Å². The van der Waals surface area contributed by atoms with Gasteiger partial charge in [0.25, 0.3) is 0 Å². The van der Waals surface area contributed by atoms with Gasteiger partial charge in [-0.2, -0.15) is 39.5 Å². The van der Waals surface area contributed by atoms with Crippen molar-refractivity contribution < 1.29 is 39.5 Å². The van der Waals surface area contributed by atoms with E-state index in [1.807, 2.05) is 0 Å². The van der Waals surface area contributed by atoms with Gasteiger partial charge in [-0.25, -0.2) is 4.98 Å². The highest BCUT2D eigenvalue weighted by atomic mass is 19.4. The number of allylic oxidation sites excluding steroid dienone is 1. The van der Waals surface area contributed by atoms with Crippen LogP contribution in [0.4, 0.5) is 39.5 Å². The highest BCUT2D eigenvalue weighted by molar-refractivity contribution is 5.68. The van der Waals surface area contributed by atoms with E-state index in [0.717, 1.165) is 0 Å². The summed E-state index contributed by atoms with van der Waals surface area (Å²) >= 11 is 0. The lowest BCUT2D eigenvalue weighted by Gasteiger charge is -2.15. The molecule has 0 unspecified atom stereocenters. The summed E-state index contributed by atoms with van der Waals surface area (Å²) in [7, 11) is 0. The van der Waals surface area contributed by atoms with Crippen molar-refractivity contribution in [1.29, 1.82) is 0 Å². The molecule has 0 N–H and O–H groups in total. The summed E-state index contributed by atoms with van der Waals surface area (Å²) in [5.41, 5.74) is -7.32. The van der Waals surface area contributed by atoms with Crippen LogP contribution in [0.3, 0.4) is 0 Å². The molecular formula is C10H4F9N. The number of rotatable bonds is 1. The number of hydrogen-bond acceptors (Lipinski definition) is 1. The number of nitrogens with zero attached hydrogens (tertiary/aromatic N) is 1. The molecule has 1 nitrogen and oxygen atoms in total. The number of alkyl halides is 9. The zero-order valence-corrected chi connectivity index (χ0v) is 9.21. The third-order valence-electron chi connectivity index (χ3n) is 2.10. The zero-order chi connectivity index (χ0) is 15.9. The molecule has 1 aromatic heterocycles. The van der Waals surface area contributed by atoms with Crippen molar-refractivity contribution in [1.82, 2.24) is 4.98 Å². The van der Waals surface area contributed by atoms with Crippen LogP contribution in [0.25, 0.3) is 5.57 Å². The third kappa shape index (κ3) is 3.64. The number of aromatic nitrogens is 1. The summed E-state index contributed by atoms with van der Waals surface area (Å²) in [6.45, 7) is 2.46. The molecule has 10 heteroatoms. The van der Waals surface area contributed by atoms with Gasteiger partial charge in [0.15, 0.2) is 0 Å². The lowest BCUT2D eigenvalue weighted by Crippen LogP contribution is -2.17. The van der Waals surface area contributed by atoms with E-state index in [4.69, 9.17) is 0 Å². The van der Waals surface area contributed by atoms with Crippen molar-refractivity contribution in [3.8, 4) is 0 Å². The van der Waals surface area contributed by atoms with Crippen molar-refractivity contribution in [2.45, 2.75) is 18.5 Å². The van der Waals surface area contributed by atoms with Gasteiger partial charge in [-0.3, -0.25) is 0 Å². The van der Waals surface area contributed by atoms with Crippen molar-refractivity contribution in [2.75, 3.05) is 0 Å². The van der Waals surface area contributed by atoms with E-state index in [0.29, 0.717) is 0 Å². The maximum absolute atomic E-state index is 12.4. The summed E-state index contributed by atoms with van der Waals surface area (Å²) in [6, 6.07) is -0.268. The Bertz CT molecular complexity index is 489. The zero-order valence-electron chi connectivity index (χ0n) is 9.21. The fraction of sp³-hybridized carbons (Fsp3) is 0.300. The first-order valence-corrected chi connectivity index (χ1v) is 4.66. The first-order chi connectivity index (χ1) is 8.73. The molecule has 0 aliphatic rings. The first kappa shape index (κ1) is 16.3. The minimum absolute atomic E-state index is 0.134. The molecule has 1 rings (SSSR count). The summed E-state index contributed by atoms with van der Waals surface area (Å²) in [6.07, 6.45) is -15.8. The first-order valence-electron chi connectivity index (χ1n) is 4.66. The predicted molar refractivity (Wildman–Crippen MR) is 49.3 cm³/mol. The Morgan fingerprint density at radius 2 is 1.15 bits per heavy atom.